The summed E-state index contributed by atoms with van der Waals surface area (Å²) in [6, 6.07) is 11.8. The maximum atomic E-state index is 9.19. The number of ether oxygens (including phenoxy) is 2. The fourth-order valence-corrected chi connectivity index (χ4v) is 3.21. The number of nitrogens with zero attached hydrogens (tertiary/aromatic N) is 2. The number of hydrogen-bond acceptors (Lipinski definition) is 3. The molecule has 1 unspecified atom stereocenters. The van der Waals surface area contributed by atoms with Gasteiger partial charge in [-0.2, -0.15) is 5.26 Å². The molecule has 22 heavy (non-hydrogen) atoms. The van der Waals surface area contributed by atoms with Crippen molar-refractivity contribution in [1.82, 2.24) is 4.57 Å². The second kappa shape index (κ2) is 4.17. The number of benzene rings is 1. The molecule has 110 valence electrons. The topological polar surface area (TPSA) is 47.2 Å². The van der Waals surface area contributed by atoms with Gasteiger partial charge in [-0.05, 0) is 51.1 Å². The third-order valence-electron chi connectivity index (χ3n) is 4.22. The molecule has 1 aromatic heterocycles. The first kappa shape index (κ1) is 13.0. The molecule has 0 spiro atoms. The fraction of sp³-hybridized carbons (Fsp3) is 0.278. The van der Waals surface area contributed by atoms with Crippen molar-refractivity contribution in [2.75, 3.05) is 0 Å². The second-order valence-electron chi connectivity index (χ2n) is 6.18. The van der Waals surface area contributed by atoms with Crippen LogP contribution in [0.3, 0.4) is 0 Å². The Labute approximate surface area is 129 Å². The van der Waals surface area contributed by atoms with E-state index >= 15 is 0 Å². The van der Waals surface area contributed by atoms with Gasteiger partial charge in [-0.15, -0.1) is 0 Å². The van der Waals surface area contributed by atoms with Gasteiger partial charge in [0.25, 0.3) is 0 Å². The predicted octanol–water partition coefficient (Wildman–Crippen LogP) is 3.84. The zero-order chi connectivity index (χ0) is 15.5. The lowest BCUT2D eigenvalue weighted by Gasteiger charge is -2.41. The van der Waals surface area contributed by atoms with Crippen molar-refractivity contribution in [2.45, 2.75) is 32.5 Å². The molecule has 0 aliphatic carbocycles. The first-order valence-corrected chi connectivity index (χ1v) is 7.34. The molecule has 4 rings (SSSR count). The molecule has 4 nitrogen and oxygen atoms in total. The van der Waals surface area contributed by atoms with E-state index < -0.39 is 5.60 Å². The van der Waals surface area contributed by atoms with Crippen LogP contribution in [-0.2, 0) is 4.74 Å². The maximum absolute atomic E-state index is 9.19. The molecule has 0 amide bonds. The van der Waals surface area contributed by atoms with Crippen LogP contribution in [0.2, 0.25) is 0 Å². The molecule has 2 aliphatic heterocycles. The minimum Gasteiger partial charge on any atom is -0.482 e. The minimum atomic E-state index is -0.549. The van der Waals surface area contributed by atoms with Crippen LogP contribution >= 0.6 is 0 Å². The van der Waals surface area contributed by atoms with Gasteiger partial charge in [0.1, 0.15) is 11.9 Å². The van der Waals surface area contributed by atoms with Crippen LogP contribution in [0.25, 0.3) is 5.70 Å². The summed E-state index contributed by atoms with van der Waals surface area (Å²) in [6.45, 7) is 6.04. The van der Waals surface area contributed by atoms with Crippen molar-refractivity contribution in [2.24, 2.45) is 0 Å². The van der Waals surface area contributed by atoms with Crippen molar-refractivity contribution in [3.8, 4) is 11.8 Å². The normalized spacial score (nSPS) is 20.9. The summed E-state index contributed by atoms with van der Waals surface area (Å²) in [6.07, 6.45) is 2.01. The lowest BCUT2D eigenvalue weighted by atomic mass is 9.94. The Kier molecular flexibility index (Phi) is 2.47. The van der Waals surface area contributed by atoms with Gasteiger partial charge < -0.3 is 14.0 Å². The summed E-state index contributed by atoms with van der Waals surface area (Å²) < 4.78 is 14.4. The van der Waals surface area contributed by atoms with Gasteiger partial charge in [0.2, 0.25) is 0 Å². The molecule has 1 atom stereocenters. The molecule has 3 heterocycles. The van der Waals surface area contributed by atoms with E-state index in [1.165, 1.54) is 0 Å². The highest BCUT2D eigenvalue weighted by atomic mass is 16.6. The van der Waals surface area contributed by atoms with Crippen LogP contribution in [0.5, 0.6) is 5.75 Å². The summed E-state index contributed by atoms with van der Waals surface area (Å²) in [7, 11) is 0. The Hall–Kier alpha value is -2.67. The highest BCUT2D eigenvalue weighted by Gasteiger charge is 2.41. The Morgan fingerprint density at radius 3 is 2.86 bits per heavy atom. The van der Waals surface area contributed by atoms with Crippen molar-refractivity contribution >= 4 is 5.70 Å². The third-order valence-corrected chi connectivity index (χ3v) is 4.22. The van der Waals surface area contributed by atoms with Gasteiger partial charge in [0, 0.05) is 11.8 Å². The van der Waals surface area contributed by atoms with Crippen LogP contribution in [0.4, 0.5) is 0 Å². The zero-order valence-corrected chi connectivity index (χ0v) is 12.8. The average molecular weight is 292 g/mol. The van der Waals surface area contributed by atoms with Crippen LogP contribution in [0.1, 0.15) is 43.7 Å². The monoisotopic (exact) mass is 292 g/mol. The minimum absolute atomic E-state index is 0.0303. The van der Waals surface area contributed by atoms with Crippen molar-refractivity contribution in [3.05, 3.63) is 59.1 Å². The fourth-order valence-electron chi connectivity index (χ4n) is 3.21. The SMILES string of the molecule is CC1OC2=C(c3cc(C#N)ccc3OC2(C)C)n2cccc21. The highest BCUT2D eigenvalue weighted by Crippen LogP contribution is 2.47. The lowest BCUT2D eigenvalue weighted by Crippen LogP contribution is -2.39. The molecule has 4 heteroatoms. The zero-order valence-electron chi connectivity index (χ0n) is 12.8. The van der Waals surface area contributed by atoms with Crippen molar-refractivity contribution in [3.63, 3.8) is 0 Å². The van der Waals surface area contributed by atoms with Gasteiger partial charge in [0.15, 0.2) is 11.4 Å². The highest BCUT2D eigenvalue weighted by molar-refractivity contribution is 5.77. The number of aromatic nitrogens is 1. The maximum Gasteiger partial charge on any atom is 0.165 e. The van der Waals surface area contributed by atoms with E-state index in [-0.39, 0.29) is 6.10 Å². The van der Waals surface area contributed by atoms with Crippen LogP contribution in [0, 0.1) is 11.3 Å². The molecule has 2 aromatic rings. The van der Waals surface area contributed by atoms with Gasteiger partial charge in [-0.3, -0.25) is 0 Å². The van der Waals surface area contributed by atoms with Gasteiger partial charge >= 0.3 is 0 Å². The predicted molar refractivity (Wildman–Crippen MR) is 82.1 cm³/mol. The van der Waals surface area contributed by atoms with E-state index in [1.807, 2.05) is 45.2 Å². The third kappa shape index (κ3) is 1.62. The second-order valence-corrected chi connectivity index (χ2v) is 6.18. The summed E-state index contributed by atoms with van der Waals surface area (Å²) in [5.74, 6) is 1.59. The Bertz CT molecular complexity index is 852. The summed E-state index contributed by atoms with van der Waals surface area (Å²) >= 11 is 0. The molecule has 0 saturated carbocycles. The number of fused-ring (bicyclic) bond motifs is 4. The van der Waals surface area contributed by atoms with Crippen LogP contribution < -0.4 is 4.74 Å². The Balaban J connectivity index is 2.05. The van der Waals surface area contributed by atoms with E-state index in [0.29, 0.717) is 5.56 Å². The average Bonchev–Trinajstić information content (AvgIpc) is 2.97. The van der Waals surface area contributed by atoms with E-state index in [1.54, 1.807) is 6.07 Å². The Morgan fingerprint density at radius 2 is 2.09 bits per heavy atom. The molecular weight excluding hydrogens is 276 g/mol. The molecule has 0 saturated heterocycles. The van der Waals surface area contributed by atoms with Crippen LogP contribution in [0.15, 0.2) is 42.3 Å². The Morgan fingerprint density at radius 1 is 1.27 bits per heavy atom. The summed E-state index contributed by atoms with van der Waals surface area (Å²) in [5.41, 5.74) is 3.04. The summed E-state index contributed by atoms with van der Waals surface area (Å²) in [5, 5.41) is 9.19. The van der Waals surface area contributed by atoms with E-state index in [4.69, 9.17) is 9.47 Å². The van der Waals surface area contributed by atoms with Gasteiger partial charge in [0.05, 0.1) is 23.0 Å². The largest absolute Gasteiger partial charge is 0.482 e. The summed E-state index contributed by atoms with van der Waals surface area (Å²) in [4.78, 5) is 0. The van der Waals surface area contributed by atoms with Crippen molar-refractivity contribution in [1.29, 1.82) is 5.26 Å². The number of rotatable bonds is 0. The first-order valence-electron chi connectivity index (χ1n) is 7.34. The molecule has 0 bridgehead atoms. The van der Waals surface area contributed by atoms with E-state index in [9.17, 15) is 5.26 Å². The number of hydrogen-bond donors (Lipinski definition) is 0. The molecule has 0 fully saturated rings. The lowest BCUT2D eigenvalue weighted by molar-refractivity contribution is 0.0168. The van der Waals surface area contributed by atoms with Gasteiger partial charge in [-0.25, -0.2) is 0 Å². The number of nitriles is 1. The molecule has 0 N–H and O–H groups in total. The van der Waals surface area contributed by atoms with E-state index in [0.717, 1.165) is 28.5 Å². The smallest absolute Gasteiger partial charge is 0.165 e. The van der Waals surface area contributed by atoms with Gasteiger partial charge in [-0.1, -0.05) is 0 Å². The molecular formula is C18H16N2O2. The standard InChI is InChI=1S/C18H16N2O2/c1-11-14-5-4-8-20(14)16-13-9-12(10-19)6-7-15(13)22-18(2,3)17(16)21-11/h4-9,11H,1-3H3. The molecule has 0 radical (unpaired) electrons. The molecule has 1 aromatic carbocycles. The van der Waals surface area contributed by atoms with Crippen LogP contribution in [-0.4, -0.2) is 10.2 Å². The quantitative estimate of drug-likeness (QED) is 0.741. The van der Waals surface area contributed by atoms with E-state index in [2.05, 4.69) is 16.7 Å². The first-order chi connectivity index (χ1) is 10.5. The molecule has 2 aliphatic rings. The van der Waals surface area contributed by atoms with Crippen molar-refractivity contribution < 1.29 is 9.47 Å².